The van der Waals surface area contributed by atoms with Gasteiger partial charge in [0, 0.05) is 11.3 Å². The van der Waals surface area contributed by atoms with Gasteiger partial charge >= 0.3 is 5.97 Å². The second-order valence-corrected chi connectivity index (χ2v) is 5.66. The Bertz CT molecular complexity index is 902. The summed E-state index contributed by atoms with van der Waals surface area (Å²) in [6.45, 7) is 2.09. The van der Waals surface area contributed by atoms with E-state index in [1.807, 2.05) is 48.5 Å². The van der Waals surface area contributed by atoms with Crippen LogP contribution in [-0.4, -0.2) is 18.5 Å². The van der Waals surface area contributed by atoms with Crippen molar-refractivity contribution in [2.45, 2.75) is 6.92 Å². The summed E-state index contributed by atoms with van der Waals surface area (Å²) in [6.07, 6.45) is 0. The van der Waals surface area contributed by atoms with Crippen LogP contribution in [0.25, 0.3) is 11.1 Å². The number of ether oxygens (including phenoxy) is 1. The van der Waals surface area contributed by atoms with Crippen LogP contribution < -0.4 is 5.32 Å². The molecule has 0 aliphatic rings. The van der Waals surface area contributed by atoms with E-state index in [9.17, 15) is 9.59 Å². The van der Waals surface area contributed by atoms with E-state index in [0.29, 0.717) is 23.4 Å². The third kappa shape index (κ3) is 3.98. The molecule has 3 aromatic rings. The predicted octanol–water partition coefficient (Wildman–Crippen LogP) is 4.78. The number of hydrogen-bond acceptors (Lipinski definition) is 3. The van der Waals surface area contributed by atoms with Gasteiger partial charge in [-0.25, -0.2) is 4.79 Å². The quantitative estimate of drug-likeness (QED) is 0.677. The molecule has 1 amide bonds. The maximum absolute atomic E-state index is 12.7. The maximum atomic E-state index is 12.7. The minimum atomic E-state index is -0.375. The molecular weight excluding hydrogens is 326 g/mol. The summed E-state index contributed by atoms with van der Waals surface area (Å²) in [5.41, 5.74) is 3.51. The molecule has 0 aliphatic carbocycles. The Labute approximate surface area is 152 Å². The van der Waals surface area contributed by atoms with Crippen LogP contribution >= 0.6 is 0 Å². The summed E-state index contributed by atoms with van der Waals surface area (Å²) in [4.78, 5) is 24.4. The van der Waals surface area contributed by atoms with E-state index in [-0.39, 0.29) is 11.9 Å². The predicted molar refractivity (Wildman–Crippen MR) is 102 cm³/mol. The van der Waals surface area contributed by atoms with Crippen molar-refractivity contribution in [2.75, 3.05) is 11.9 Å². The van der Waals surface area contributed by atoms with E-state index in [1.54, 1.807) is 37.3 Å². The van der Waals surface area contributed by atoms with Crippen LogP contribution in [0.15, 0.2) is 78.9 Å². The molecule has 0 fully saturated rings. The molecule has 0 saturated carbocycles. The Hall–Kier alpha value is -3.40. The first-order chi connectivity index (χ1) is 12.7. The molecule has 130 valence electrons. The molecule has 1 N–H and O–H groups in total. The molecule has 0 unspecified atom stereocenters. The summed E-state index contributed by atoms with van der Waals surface area (Å²) in [6, 6.07) is 23.9. The van der Waals surface area contributed by atoms with Gasteiger partial charge in [-0.15, -0.1) is 0 Å². The zero-order chi connectivity index (χ0) is 18.4. The van der Waals surface area contributed by atoms with Crippen molar-refractivity contribution in [3.63, 3.8) is 0 Å². The van der Waals surface area contributed by atoms with Gasteiger partial charge in [0.2, 0.25) is 0 Å². The fraction of sp³-hybridized carbons (Fsp3) is 0.0909. The molecule has 0 saturated heterocycles. The van der Waals surface area contributed by atoms with Crippen molar-refractivity contribution >= 4 is 17.6 Å². The molecule has 0 spiro atoms. The number of benzene rings is 3. The molecule has 3 rings (SSSR count). The Balaban J connectivity index is 1.80. The number of esters is 1. The monoisotopic (exact) mass is 345 g/mol. The SMILES string of the molecule is CCOC(=O)c1ccc(NC(=O)c2ccccc2-c2ccccc2)cc1. The Morgan fingerprint density at radius 1 is 0.846 bits per heavy atom. The number of anilines is 1. The first-order valence-corrected chi connectivity index (χ1v) is 8.42. The molecule has 0 bridgehead atoms. The van der Waals surface area contributed by atoms with Gasteiger partial charge in [-0.2, -0.15) is 0 Å². The molecule has 4 nitrogen and oxygen atoms in total. The van der Waals surface area contributed by atoms with Crippen LogP contribution in [0, 0.1) is 0 Å². The summed E-state index contributed by atoms with van der Waals surface area (Å²) in [5.74, 6) is -0.576. The fourth-order valence-electron chi connectivity index (χ4n) is 2.65. The van der Waals surface area contributed by atoms with Crippen LogP contribution in [0.4, 0.5) is 5.69 Å². The van der Waals surface area contributed by atoms with Crippen LogP contribution in [0.5, 0.6) is 0 Å². The van der Waals surface area contributed by atoms with Gasteiger partial charge in [0.1, 0.15) is 0 Å². The van der Waals surface area contributed by atoms with Crippen molar-refractivity contribution < 1.29 is 14.3 Å². The second kappa shape index (κ2) is 8.12. The van der Waals surface area contributed by atoms with E-state index >= 15 is 0 Å². The molecule has 0 atom stereocenters. The van der Waals surface area contributed by atoms with Gasteiger partial charge in [-0.1, -0.05) is 48.5 Å². The van der Waals surface area contributed by atoms with Crippen LogP contribution in [0.1, 0.15) is 27.6 Å². The Morgan fingerprint density at radius 3 is 2.19 bits per heavy atom. The normalized spacial score (nSPS) is 10.2. The minimum absolute atomic E-state index is 0.201. The van der Waals surface area contributed by atoms with Crippen molar-refractivity contribution in [1.29, 1.82) is 0 Å². The molecule has 0 radical (unpaired) electrons. The number of nitrogens with one attached hydrogen (secondary N) is 1. The molecule has 4 heteroatoms. The van der Waals surface area contributed by atoms with Crippen molar-refractivity contribution in [3.05, 3.63) is 90.0 Å². The number of rotatable bonds is 5. The Kier molecular flexibility index (Phi) is 5.44. The zero-order valence-electron chi connectivity index (χ0n) is 14.4. The van der Waals surface area contributed by atoms with Crippen molar-refractivity contribution in [1.82, 2.24) is 0 Å². The fourth-order valence-corrected chi connectivity index (χ4v) is 2.65. The summed E-state index contributed by atoms with van der Waals surface area (Å²) in [5, 5.41) is 2.88. The third-order valence-corrected chi connectivity index (χ3v) is 3.91. The highest BCUT2D eigenvalue weighted by atomic mass is 16.5. The highest BCUT2D eigenvalue weighted by molar-refractivity contribution is 6.08. The largest absolute Gasteiger partial charge is 0.462 e. The molecule has 0 aromatic heterocycles. The number of carbonyl (C=O) groups is 2. The number of amides is 1. The standard InChI is InChI=1S/C22H19NO3/c1-2-26-22(25)17-12-14-18(15-13-17)23-21(24)20-11-7-6-10-19(20)16-8-4-3-5-9-16/h3-15H,2H2,1H3,(H,23,24). The van der Waals surface area contributed by atoms with Crippen LogP contribution in [0.2, 0.25) is 0 Å². The first-order valence-electron chi connectivity index (χ1n) is 8.42. The van der Waals surface area contributed by atoms with E-state index < -0.39 is 0 Å². The van der Waals surface area contributed by atoms with Gasteiger partial charge in [-0.05, 0) is 48.4 Å². The highest BCUT2D eigenvalue weighted by Crippen LogP contribution is 2.24. The van der Waals surface area contributed by atoms with Gasteiger partial charge in [0.05, 0.1) is 12.2 Å². The lowest BCUT2D eigenvalue weighted by Gasteiger charge is -2.11. The van der Waals surface area contributed by atoms with Gasteiger partial charge in [-0.3, -0.25) is 4.79 Å². The van der Waals surface area contributed by atoms with E-state index in [4.69, 9.17) is 4.74 Å². The number of carbonyl (C=O) groups excluding carboxylic acids is 2. The first kappa shape index (κ1) is 17.4. The highest BCUT2D eigenvalue weighted by Gasteiger charge is 2.13. The summed E-state index contributed by atoms with van der Waals surface area (Å²) in [7, 11) is 0. The topological polar surface area (TPSA) is 55.4 Å². The van der Waals surface area contributed by atoms with E-state index in [0.717, 1.165) is 11.1 Å². The maximum Gasteiger partial charge on any atom is 0.338 e. The molecule has 3 aromatic carbocycles. The second-order valence-electron chi connectivity index (χ2n) is 5.66. The van der Waals surface area contributed by atoms with Gasteiger partial charge < -0.3 is 10.1 Å². The lowest BCUT2D eigenvalue weighted by Crippen LogP contribution is -2.13. The molecule has 26 heavy (non-hydrogen) atoms. The lowest BCUT2D eigenvalue weighted by molar-refractivity contribution is 0.0526. The lowest BCUT2D eigenvalue weighted by atomic mass is 9.99. The van der Waals surface area contributed by atoms with Gasteiger partial charge in [0.15, 0.2) is 0 Å². The number of hydrogen-bond donors (Lipinski definition) is 1. The molecule has 0 heterocycles. The summed E-state index contributed by atoms with van der Waals surface area (Å²) < 4.78 is 4.96. The smallest absolute Gasteiger partial charge is 0.338 e. The minimum Gasteiger partial charge on any atom is -0.462 e. The van der Waals surface area contributed by atoms with Crippen molar-refractivity contribution in [3.8, 4) is 11.1 Å². The average Bonchev–Trinajstić information content (AvgIpc) is 2.69. The average molecular weight is 345 g/mol. The summed E-state index contributed by atoms with van der Waals surface area (Å²) >= 11 is 0. The third-order valence-electron chi connectivity index (χ3n) is 3.91. The van der Waals surface area contributed by atoms with E-state index in [2.05, 4.69) is 5.32 Å². The Morgan fingerprint density at radius 2 is 1.50 bits per heavy atom. The van der Waals surface area contributed by atoms with Crippen LogP contribution in [0.3, 0.4) is 0 Å². The van der Waals surface area contributed by atoms with E-state index in [1.165, 1.54) is 0 Å². The van der Waals surface area contributed by atoms with Gasteiger partial charge in [0.25, 0.3) is 5.91 Å². The molecular formula is C22H19NO3. The molecule has 0 aliphatic heterocycles. The van der Waals surface area contributed by atoms with Crippen molar-refractivity contribution in [2.24, 2.45) is 0 Å². The zero-order valence-corrected chi connectivity index (χ0v) is 14.4. The van der Waals surface area contributed by atoms with Crippen LogP contribution in [-0.2, 0) is 4.74 Å².